The van der Waals surface area contributed by atoms with Gasteiger partial charge >= 0.3 is 0 Å². The zero-order valence-corrected chi connectivity index (χ0v) is 13.4. The van der Waals surface area contributed by atoms with Gasteiger partial charge in [0.1, 0.15) is 0 Å². The van der Waals surface area contributed by atoms with Crippen LogP contribution in [0.4, 0.5) is 0 Å². The van der Waals surface area contributed by atoms with Gasteiger partial charge in [-0.25, -0.2) is 0 Å². The van der Waals surface area contributed by atoms with E-state index in [9.17, 15) is 0 Å². The summed E-state index contributed by atoms with van der Waals surface area (Å²) in [4.78, 5) is 2.52. The van der Waals surface area contributed by atoms with Crippen molar-refractivity contribution in [1.29, 1.82) is 0 Å². The Bertz CT molecular complexity index is 481. The lowest BCUT2D eigenvalue weighted by molar-refractivity contribution is 0.173. The second-order valence-electron chi connectivity index (χ2n) is 5.49. The van der Waals surface area contributed by atoms with Crippen LogP contribution in [-0.2, 0) is 6.54 Å². The number of rotatable bonds is 5. The number of halogens is 1. The third-order valence-corrected chi connectivity index (χ3v) is 4.66. The number of fused-ring (bicyclic) bond motifs is 1. The highest BCUT2D eigenvalue weighted by atomic mass is 79.9. The first-order chi connectivity index (χ1) is 9.76. The van der Waals surface area contributed by atoms with E-state index < -0.39 is 0 Å². The molecule has 1 unspecified atom stereocenters. The smallest absolute Gasteiger partial charge is 0.231 e. The van der Waals surface area contributed by atoms with Crippen molar-refractivity contribution in [3.05, 3.63) is 22.2 Å². The van der Waals surface area contributed by atoms with E-state index in [1.807, 2.05) is 0 Å². The molecule has 0 aromatic heterocycles. The van der Waals surface area contributed by atoms with Crippen LogP contribution >= 0.6 is 15.9 Å². The van der Waals surface area contributed by atoms with E-state index in [1.165, 1.54) is 31.6 Å². The number of hydrogen-bond donors (Lipinski definition) is 1. The summed E-state index contributed by atoms with van der Waals surface area (Å²) in [5.41, 5.74) is 1.23. The summed E-state index contributed by atoms with van der Waals surface area (Å²) in [5, 5.41) is 3.56. The van der Waals surface area contributed by atoms with Crippen LogP contribution in [0.2, 0.25) is 0 Å². The second-order valence-corrected chi connectivity index (χ2v) is 6.34. The summed E-state index contributed by atoms with van der Waals surface area (Å²) >= 11 is 3.53. The highest BCUT2D eigenvalue weighted by Crippen LogP contribution is 2.39. The van der Waals surface area contributed by atoms with Gasteiger partial charge in [-0.1, -0.05) is 6.92 Å². The van der Waals surface area contributed by atoms with Crippen molar-refractivity contribution < 1.29 is 9.47 Å². The van der Waals surface area contributed by atoms with E-state index in [0.717, 1.165) is 35.0 Å². The third-order valence-electron chi connectivity index (χ3n) is 4.07. The Labute approximate surface area is 128 Å². The normalized spacial score (nSPS) is 21.6. The van der Waals surface area contributed by atoms with Crippen LogP contribution in [0, 0.1) is 5.92 Å². The van der Waals surface area contributed by atoms with Gasteiger partial charge in [0, 0.05) is 13.1 Å². The molecule has 0 bridgehead atoms. The zero-order valence-electron chi connectivity index (χ0n) is 11.8. The predicted octanol–water partition coefficient (Wildman–Crippen LogP) is 2.61. The number of benzene rings is 1. The average Bonchev–Trinajstić information content (AvgIpc) is 3.07. The van der Waals surface area contributed by atoms with Crippen LogP contribution in [0.15, 0.2) is 16.6 Å². The van der Waals surface area contributed by atoms with Crippen LogP contribution in [0.3, 0.4) is 0 Å². The lowest BCUT2D eigenvalue weighted by atomic mass is 10.1. The molecule has 0 spiro atoms. The van der Waals surface area contributed by atoms with E-state index in [4.69, 9.17) is 9.47 Å². The Balaban J connectivity index is 1.51. The first-order valence-corrected chi connectivity index (χ1v) is 8.06. The van der Waals surface area contributed by atoms with Gasteiger partial charge < -0.3 is 19.7 Å². The molecule has 0 aliphatic carbocycles. The summed E-state index contributed by atoms with van der Waals surface area (Å²) < 4.78 is 11.8. The van der Waals surface area contributed by atoms with Crippen LogP contribution in [0.25, 0.3) is 0 Å². The minimum atomic E-state index is 0.319. The van der Waals surface area contributed by atoms with Gasteiger partial charge in [-0.15, -0.1) is 0 Å². The van der Waals surface area contributed by atoms with Gasteiger partial charge in [0.2, 0.25) is 6.79 Å². The summed E-state index contributed by atoms with van der Waals surface area (Å²) in [6, 6.07) is 4.17. The standard InChI is InChI=1S/C15H21BrN2O2/c1-2-18-4-3-11(9-18)7-17-8-12-5-13(16)15-14(6-12)19-10-20-15/h5-6,11,17H,2-4,7-10H2,1H3. The molecule has 3 rings (SSSR count). The highest BCUT2D eigenvalue weighted by Gasteiger charge is 2.21. The molecule has 1 saturated heterocycles. The van der Waals surface area contributed by atoms with Crippen molar-refractivity contribution in [2.45, 2.75) is 19.9 Å². The maximum atomic E-state index is 5.44. The molecule has 5 heteroatoms. The van der Waals surface area contributed by atoms with Gasteiger partial charge in [-0.05, 0) is 65.6 Å². The molecule has 2 heterocycles. The molecule has 1 N–H and O–H groups in total. The number of nitrogens with one attached hydrogen (secondary N) is 1. The molecule has 2 aliphatic rings. The van der Waals surface area contributed by atoms with E-state index in [2.05, 4.69) is 45.2 Å². The number of nitrogens with zero attached hydrogens (tertiary/aromatic N) is 1. The predicted molar refractivity (Wildman–Crippen MR) is 82.2 cm³/mol. The minimum Gasteiger partial charge on any atom is -0.454 e. The monoisotopic (exact) mass is 340 g/mol. The Morgan fingerprint density at radius 1 is 1.40 bits per heavy atom. The summed E-state index contributed by atoms with van der Waals surface area (Å²) in [6.07, 6.45) is 1.31. The number of ether oxygens (including phenoxy) is 2. The third kappa shape index (κ3) is 3.10. The lowest BCUT2D eigenvalue weighted by Gasteiger charge is -2.14. The van der Waals surface area contributed by atoms with E-state index in [-0.39, 0.29) is 0 Å². The fourth-order valence-electron chi connectivity index (χ4n) is 2.91. The average molecular weight is 341 g/mol. The largest absolute Gasteiger partial charge is 0.454 e. The lowest BCUT2D eigenvalue weighted by Crippen LogP contribution is -2.26. The van der Waals surface area contributed by atoms with Crippen molar-refractivity contribution in [1.82, 2.24) is 10.2 Å². The Kier molecular flexibility index (Phi) is 4.48. The van der Waals surface area contributed by atoms with Gasteiger partial charge in [0.05, 0.1) is 4.47 Å². The van der Waals surface area contributed by atoms with Gasteiger partial charge in [-0.2, -0.15) is 0 Å². The molecule has 20 heavy (non-hydrogen) atoms. The van der Waals surface area contributed by atoms with E-state index in [0.29, 0.717) is 6.79 Å². The molecular weight excluding hydrogens is 320 g/mol. The fourth-order valence-corrected chi connectivity index (χ4v) is 3.51. The van der Waals surface area contributed by atoms with Crippen molar-refractivity contribution in [3.8, 4) is 11.5 Å². The topological polar surface area (TPSA) is 33.7 Å². The number of likely N-dealkylation sites (tertiary alicyclic amines) is 1. The molecular formula is C15H21BrN2O2. The maximum Gasteiger partial charge on any atom is 0.231 e. The SMILES string of the molecule is CCN1CCC(CNCc2cc(Br)c3c(c2)OCO3)C1. The highest BCUT2D eigenvalue weighted by molar-refractivity contribution is 9.10. The molecule has 1 aromatic rings. The van der Waals surface area contributed by atoms with E-state index >= 15 is 0 Å². The Morgan fingerprint density at radius 2 is 2.30 bits per heavy atom. The summed E-state index contributed by atoms with van der Waals surface area (Å²) in [6.45, 7) is 8.17. The van der Waals surface area contributed by atoms with Crippen molar-refractivity contribution in [3.63, 3.8) is 0 Å². The van der Waals surface area contributed by atoms with Crippen LogP contribution < -0.4 is 14.8 Å². The van der Waals surface area contributed by atoms with Crippen molar-refractivity contribution in [2.75, 3.05) is 33.0 Å². The summed E-state index contributed by atoms with van der Waals surface area (Å²) in [5.74, 6) is 2.45. The van der Waals surface area contributed by atoms with Gasteiger partial charge in [0.25, 0.3) is 0 Å². The summed E-state index contributed by atoms with van der Waals surface area (Å²) in [7, 11) is 0. The molecule has 2 aliphatic heterocycles. The van der Waals surface area contributed by atoms with Crippen LogP contribution in [0.1, 0.15) is 18.9 Å². The maximum absolute atomic E-state index is 5.44. The van der Waals surface area contributed by atoms with E-state index in [1.54, 1.807) is 0 Å². The Morgan fingerprint density at radius 3 is 3.10 bits per heavy atom. The minimum absolute atomic E-state index is 0.319. The molecule has 110 valence electrons. The van der Waals surface area contributed by atoms with Gasteiger partial charge in [0.15, 0.2) is 11.5 Å². The zero-order chi connectivity index (χ0) is 13.9. The molecule has 0 radical (unpaired) electrons. The Hall–Kier alpha value is -0.780. The quantitative estimate of drug-likeness (QED) is 0.893. The first kappa shape index (κ1) is 14.2. The van der Waals surface area contributed by atoms with Crippen molar-refractivity contribution in [2.24, 2.45) is 5.92 Å². The molecule has 0 saturated carbocycles. The molecule has 0 amide bonds. The molecule has 4 nitrogen and oxygen atoms in total. The number of hydrogen-bond acceptors (Lipinski definition) is 4. The molecule has 1 aromatic carbocycles. The van der Waals surface area contributed by atoms with Gasteiger partial charge in [-0.3, -0.25) is 0 Å². The second kappa shape index (κ2) is 6.33. The van der Waals surface area contributed by atoms with Crippen molar-refractivity contribution >= 4 is 15.9 Å². The molecule has 1 atom stereocenters. The fraction of sp³-hybridized carbons (Fsp3) is 0.600. The van der Waals surface area contributed by atoms with Crippen LogP contribution in [0.5, 0.6) is 11.5 Å². The molecule has 1 fully saturated rings. The van der Waals surface area contributed by atoms with Crippen LogP contribution in [-0.4, -0.2) is 37.9 Å². The first-order valence-electron chi connectivity index (χ1n) is 7.27.